The van der Waals surface area contributed by atoms with Gasteiger partial charge in [0.1, 0.15) is 0 Å². The summed E-state index contributed by atoms with van der Waals surface area (Å²) >= 11 is 1.62. The lowest BCUT2D eigenvalue weighted by Gasteiger charge is -2.38. The van der Waals surface area contributed by atoms with Crippen LogP contribution in [0.1, 0.15) is 20.8 Å². The van der Waals surface area contributed by atoms with Crippen LogP contribution in [-0.2, 0) is 14.0 Å². The Kier molecular flexibility index (Phi) is 6.50. The molecule has 0 spiro atoms. The van der Waals surface area contributed by atoms with E-state index in [0.29, 0.717) is 5.75 Å². The quantitative estimate of drug-likeness (QED) is 0.442. The third-order valence-electron chi connectivity index (χ3n) is 3.85. The number of hydrogen-bond donors (Lipinski definition) is 0. The third-order valence-corrected chi connectivity index (χ3v) is 9.41. The van der Waals surface area contributed by atoms with Crippen LogP contribution in [-0.4, -0.2) is 33.3 Å². The van der Waals surface area contributed by atoms with Crippen LogP contribution in [0, 0.1) is 0 Å². The molecule has 21 heavy (non-hydrogen) atoms. The molecular weight excluding hydrogens is 300 g/mol. The van der Waals surface area contributed by atoms with Gasteiger partial charge in [-0.2, -0.15) is 0 Å². The van der Waals surface area contributed by atoms with E-state index in [9.17, 15) is 4.79 Å². The van der Waals surface area contributed by atoms with Gasteiger partial charge in [-0.15, -0.1) is 11.8 Å². The van der Waals surface area contributed by atoms with Gasteiger partial charge in [-0.05, 0) is 30.3 Å². The van der Waals surface area contributed by atoms with Crippen molar-refractivity contribution in [3.05, 3.63) is 30.3 Å². The van der Waals surface area contributed by atoms with Gasteiger partial charge in [-0.1, -0.05) is 39.0 Å². The normalized spacial score (nSPS) is 13.8. The molecule has 5 heteroatoms. The highest BCUT2D eigenvalue weighted by Gasteiger charge is 2.41. The van der Waals surface area contributed by atoms with Crippen LogP contribution < -0.4 is 0 Å². The number of hydrogen-bond acceptors (Lipinski definition) is 4. The monoisotopic (exact) mass is 326 g/mol. The Bertz CT molecular complexity index is 454. The molecule has 1 aromatic carbocycles. The summed E-state index contributed by atoms with van der Waals surface area (Å²) in [6, 6.07) is 10.0. The van der Waals surface area contributed by atoms with Crippen molar-refractivity contribution in [2.24, 2.45) is 0 Å². The van der Waals surface area contributed by atoms with Gasteiger partial charge in [0.15, 0.2) is 14.4 Å². The van der Waals surface area contributed by atoms with E-state index in [1.165, 1.54) is 7.11 Å². The minimum atomic E-state index is -2.00. The lowest BCUT2D eigenvalue weighted by atomic mass is 10.2. The molecule has 0 bridgehead atoms. The van der Waals surface area contributed by atoms with E-state index in [2.05, 4.69) is 33.9 Å². The lowest BCUT2D eigenvalue weighted by Crippen LogP contribution is -2.47. The summed E-state index contributed by atoms with van der Waals surface area (Å²) < 4.78 is 11.1. The third kappa shape index (κ3) is 5.49. The van der Waals surface area contributed by atoms with Gasteiger partial charge >= 0.3 is 5.97 Å². The first-order valence-corrected chi connectivity index (χ1v) is 11.0. The fourth-order valence-electron chi connectivity index (χ4n) is 1.50. The van der Waals surface area contributed by atoms with Crippen LogP contribution in [0.15, 0.2) is 35.2 Å². The predicted molar refractivity (Wildman–Crippen MR) is 91.3 cm³/mol. The maximum absolute atomic E-state index is 12.0. The molecule has 0 heterocycles. The molecule has 0 aromatic heterocycles. The number of rotatable bonds is 6. The fourth-order valence-corrected chi connectivity index (χ4v) is 3.77. The highest BCUT2D eigenvalue weighted by atomic mass is 32.2. The molecule has 1 atom stereocenters. The average Bonchev–Trinajstić information content (AvgIpc) is 2.42. The molecular formula is C16H26O3SSi. The molecule has 3 nitrogen and oxygen atoms in total. The second-order valence-electron chi connectivity index (χ2n) is 6.51. The Hall–Kier alpha value is -0.783. The van der Waals surface area contributed by atoms with Crippen LogP contribution >= 0.6 is 11.8 Å². The number of thioether (sulfide) groups is 1. The average molecular weight is 327 g/mol. The summed E-state index contributed by atoms with van der Waals surface area (Å²) in [6.45, 7) is 10.8. The largest absolute Gasteiger partial charge is 0.467 e. The van der Waals surface area contributed by atoms with Crippen molar-refractivity contribution in [1.82, 2.24) is 0 Å². The molecule has 0 N–H and O–H groups in total. The van der Waals surface area contributed by atoms with Crippen molar-refractivity contribution in [2.75, 3.05) is 12.9 Å². The van der Waals surface area contributed by atoms with Crippen LogP contribution in [0.25, 0.3) is 0 Å². The van der Waals surface area contributed by atoms with E-state index in [-0.39, 0.29) is 11.0 Å². The Morgan fingerprint density at radius 2 is 1.81 bits per heavy atom. The van der Waals surface area contributed by atoms with Crippen molar-refractivity contribution < 1.29 is 14.0 Å². The second-order valence-corrected chi connectivity index (χ2v) is 12.4. The van der Waals surface area contributed by atoms with Gasteiger partial charge in [-0.25, -0.2) is 4.79 Å². The highest BCUT2D eigenvalue weighted by molar-refractivity contribution is 7.99. The Morgan fingerprint density at radius 1 is 1.24 bits per heavy atom. The standard InChI is InChI=1S/C16H26O3SSi/c1-16(2,3)21(5,6)19-14(15(17)18-4)12-20-13-10-8-7-9-11-13/h7-11,14H,12H2,1-6H3. The summed E-state index contributed by atoms with van der Waals surface area (Å²) in [4.78, 5) is 13.1. The molecule has 0 radical (unpaired) electrons. The Balaban J connectivity index is 2.75. The van der Waals surface area contributed by atoms with Gasteiger partial charge in [0.05, 0.1) is 7.11 Å². The van der Waals surface area contributed by atoms with Gasteiger partial charge in [0.25, 0.3) is 0 Å². The SMILES string of the molecule is COC(=O)C(CSc1ccccc1)O[Si](C)(C)C(C)(C)C. The number of carbonyl (C=O) groups excluding carboxylic acids is 1. The van der Waals surface area contributed by atoms with Crippen molar-refractivity contribution in [3.8, 4) is 0 Å². The summed E-state index contributed by atoms with van der Waals surface area (Å²) in [5.41, 5.74) is 0. The minimum Gasteiger partial charge on any atom is -0.467 e. The van der Waals surface area contributed by atoms with Crippen LogP contribution in [0.3, 0.4) is 0 Å². The number of esters is 1. The summed E-state index contributed by atoms with van der Waals surface area (Å²) in [5, 5.41) is 0.0662. The zero-order chi connectivity index (χ0) is 16.1. The lowest BCUT2D eigenvalue weighted by molar-refractivity contribution is -0.148. The molecule has 1 unspecified atom stereocenters. The summed E-state index contributed by atoms with van der Waals surface area (Å²) in [5.74, 6) is 0.284. The number of benzene rings is 1. The first-order chi connectivity index (χ1) is 9.67. The summed E-state index contributed by atoms with van der Waals surface area (Å²) in [6.07, 6.45) is -0.513. The molecule has 0 aliphatic heterocycles. The molecule has 0 saturated carbocycles. The first kappa shape index (κ1) is 18.3. The van der Waals surface area contributed by atoms with Crippen LogP contribution in [0.2, 0.25) is 18.1 Å². The van der Waals surface area contributed by atoms with E-state index in [1.54, 1.807) is 11.8 Å². The van der Waals surface area contributed by atoms with Gasteiger partial charge in [0.2, 0.25) is 0 Å². The number of methoxy groups -OCH3 is 1. The van der Waals surface area contributed by atoms with Crippen molar-refractivity contribution in [2.45, 2.75) is 49.9 Å². The van der Waals surface area contributed by atoms with E-state index >= 15 is 0 Å². The van der Waals surface area contributed by atoms with E-state index in [4.69, 9.17) is 9.16 Å². The van der Waals surface area contributed by atoms with Crippen molar-refractivity contribution in [3.63, 3.8) is 0 Å². The zero-order valence-electron chi connectivity index (χ0n) is 13.8. The van der Waals surface area contributed by atoms with E-state index in [0.717, 1.165) is 4.90 Å². The summed E-state index contributed by atoms with van der Waals surface area (Å²) in [7, 11) is -0.585. The van der Waals surface area contributed by atoms with Gasteiger partial charge in [0, 0.05) is 10.6 Å². The molecule has 1 aromatic rings. The maximum Gasteiger partial charge on any atom is 0.334 e. The first-order valence-electron chi connectivity index (χ1n) is 7.11. The topological polar surface area (TPSA) is 35.5 Å². The molecule has 1 rings (SSSR count). The maximum atomic E-state index is 12.0. The van der Waals surface area contributed by atoms with Crippen molar-refractivity contribution >= 4 is 26.0 Å². The molecule has 0 fully saturated rings. The Labute approximate surface area is 133 Å². The van der Waals surface area contributed by atoms with E-state index < -0.39 is 14.4 Å². The Morgan fingerprint density at radius 3 is 2.29 bits per heavy atom. The van der Waals surface area contributed by atoms with Crippen LogP contribution in [0.4, 0.5) is 0 Å². The molecule has 0 amide bonds. The van der Waals surface area contributed by atoms with Gasteiger partial charge < -0.3 is 9.16 Å². The van der Waals surface area contributed by atoms with Gasteiger partial charge in [-0.3, -0.25) is 0 Å². The highest BCUT2D eigenvalue weighted by Crippen LogP contribution is 2.38. The zero-order valence-corrected chi connectivity index (χ0v) is 15.6. The molecule has 0 aliphatic carbocycles. The fraction of sp³-hybridized carbons (Fsp3) is 0.562. The van der Waals surface area contributed by atoms with E-state index in [1.807, 2.05) is 30.3 Å². The molecule has 0 aliphatic rings. The number of ether oxygens (including phenoxy) is 1. The number of carbonyl (C=O) groups is 1. The second kappa shape index (κ2) is 7.47. The van der Waals surface area contributed by atoms with Crippen LogP contribution in [0.5, 0.6) is 0 Å². The molecule has 118 valence electrons. The minimum absolute atomic E-state index is 0.0662. The predicted octanol–water partition coefficient (Wildman–Crippen LogP) is 4.34. The van der Waals surface area contributed by atoms with Crippen molar-refractivity contribution in [1.29, 1.82) is 0 Å². The smallest absolute Gasteiger partial charge is 0.334 e. The molecule has 0 saturated heterocycles.